The Bertz CT molecular complexity index is 1330. The number of aryl methyl sites for hydroxylation is 1. The first kappa shape index (κ1) is 26.0. The van der Waals surface area contributed by atoms with Crippen LogP contribution in [0.1, 0.15) is 52.7 Å². The van der Waals surface area contributed by atoms with Gasteiger partial charge in [0.25, 0.3) is 5.91 Å². The van der Waals surface area contributed by atoms with E-state index in [0.717, 1.165) is 29.7 Å². The average Bonchev–Trinajstić information content (AvgIpc) is 3.58. The van der Waals surface area contributed by atoms with E-state index in [9.17, 15) is 9.59 Å². The molecule has 1 saturated carbocycles. The summed E-state index contributed by atoms with van der Waals surface area (Å²) in [4.78, 5) is 34.4. The van der Waals surface area contributed by atoms with E-state index >= 15 is 0 Å². The molecule has 2 fully saturated rings. The molecule has 3 aromatic rings. The van der Waals surface area contributed by atoms with E-state index in [-0.39, 0.29) is 23.3 Å². The minimum absolute atomic E-state index is 0.109. The van der Waals surface area contributed by atoms with Gasteiger partial charge in [0.15, 0.2) is 29.7 Å². The van der Waals surface area contributed by atoms with Crippen LogP contribution in [0.25, 0.3) is 0 Å². The molecule has 8 heteroatoms. The van der Waals surface area contributed by atoms with Crippen molar-refractivity contribution in [2.45, 2.75) is 51.9 Å². The summed E-state index contributed by atoms with van der Waals surface area (Å²) in [6.07, 6.45) is 3.13. The van der Waals surface area contributed by atoms with Crippen LogP contribution in [0.15, 0.2) is 60.9 Å². The van der Waals surface area contributed by atoms with E-state index < -0.39 is 6.10 Å². The van der Waals surface area contributed by atoms with Crippen LogP contribution in [-0.2, 0) is 22.5 Å². The van der Waals surface area contributed by atoms with Crippen molar-refractivity contribution in [1.82, 2.24) is 15.3 Å². The third kappa shape index (κ3) is 4.37. The Balaban J connectivity index is 1.26. The summed E-state index contributed by atoms with van der Waals surface area (Å²) >= 11 is 0. The van der Waals surface area contributed by atoms with Crippen LogP contribution in [-0.4, -0.2) is 52.0 Å². The van der Waals surface area contributed by atoms with Gasteiger partial charge in [0, 0.05) is 44.3 Å². The summed E-state index contributed by atoms with van der Waals surface area (Å²) in [5.74, 6) is 0.972. The highest BCUT2D eigenvalue weighted by Gasteiger charge is 2.82. The number of rotatable bonds is 9. The first-order valence-corrected chi connectivity index (χ1v) is 13.2. The number of carbonyl (C=O) groups excluding carboxylic acids is 2. The number of anilines is 1. The number of nitrogens with two attached hydrogens (primary N) is 1. The van der Waals surface area contributed by atoms with E-state index in [2.05, 4.69) is 41.3 Å². The van der Waals surface area contributed by atoms with Crippen molar-refractivity contribution >= 4 is 17.6 Å². The van der Waals surface area contributed by atoms with Crippen LogP contribution < -0.4 is 11.1 Å². The number of nitrogens with zero attached hydrogens (tertiary/aromatic N) is 3. The third-order valence-corrected chi connectivity index (χ3v) is 8.76. The molecule has 0 radical (unpaired) electrons. The first-order chi connectivity index (χ1) is 18.3. The summed E-state index contributed by atoms with van der Waals surface area (Å²) in [7, 11) is 1.64. The van der Waals surface area contributed by atoms with Gasteiger partial charge in [-0.1, -0.05) is 62.4 Å². The molecule has 1 saturated heterocycles. The quantitative estimate of drug-likeness (QED) is 0.334. The maximum atomic E-state index is 14.1. The second-order valence-corrected chi connectivity index (χ2v) is 10.7. The number of likely N-dealkylation sites (tertiary alicyclic amines) is 1. The third-order valence-electron chi connectivity index (χ3n) is 8.76. The van der Waals surface area contributed by atoms with Gasteiger partial charge in [0.2, 0.25) is 0 Å². The molecule has 1 aliphatic heterocycles. The molecule has 2 aromatic carbocycles. The summed E-state index contributed by atoms with van der Waals surface area (Å²) in [5.41, 5.74) is 10.0. The van der Waals surface area contributed by atoms with Gasteiger partial charge in [0.1, 0.15) is 0 Å². The number of ether oxygens (including phenoxy) is 1. The summed E-state index contributed by atoms with van der Waals surface area (Å²) < 4.78 is 6.34. The Morgan fingerprint density at radius 2 is 1.63 bits per heavy atom. The topological polar surface area (TPSA) is 107 Å². The predicted octanol–water partition coefficient (Wildman–Crippen LogP) is 3.61. The van der Waals surface area contributed by atoms with Crippen LogP contribution in [0.4, 0.5) is 5.82 Å². The highest BCUT2D eigenvalue weighted by Crippen LogP contribution is 2.62. The lowest BCUT2D eigenvalue weighted by molar-refractivity contribution is -0.744. The van der Waals surface area contributed by atoms with Crippen molar-refractivity contribution in [2.75, 3.05) is 19.4 Å². The molecule has 1 aromatic heterocycles. The largest absolute Gasteiger partial charge is 0.382 e. The monoisotopic (exact) mass is 514 g/mol. The number of fused-ring (bicyclic) bond motifs is 1. The lowest BCUT2D eigenvalue weighted by atomic mass is 9.77. The Kier molecular flexibility index (Phi) is 7.03. The number of aromatic nitrogens is 2. The van der Waals surface area contributed by atoms with Crippen molar-refractivity contribution in [1.29, 1.82) is 0 Å². The molecule has 2 amide bonds. The fourth-order valence-corrected chi connectivity index (χ4v) is 6.47. The smallest absolute Gasteiger partial charge is 0.348 e. The fraction of sp³-hybridized carbons (Fsp3) is 0.400. The molecule has 5 unspecified atom stereocenters. The number of carbonyl (C=O) groups is 2. The molecule has 2 heterocycles. The molecule has 198 valence electrons. The van der Waals surface area contributed by atoms with Crippen molar-refractivity contribution in [3.63, 3.8) is 0 Å². The van der Waals surface area contributed by atoms with Crippen molar-refractivity contribution in [3.8, 4) is 0 Å². The standard InChI is InChI=1S/C30H35N5O3/c1-18-7-5-6-8-23(18)27(38-4)30(37)35(25-19(2)20(3)26(25)35)16-13-21-9-11-22(12-10-21)17-34-29(36)24-28(31)33-15-14-32-24/h5-12,14-15,19-20,25-27H,13,16-17H2,1-4H3,(H2-,31,33,34,36)/p+1. The highest BCUT2D eigenvalue weighted by molar-refractivity contribution is 5.96. The molecule has 8 nitrogen and oxygen atoms in total. The van der Waals surface area contributed by atoms with Crippen LogP contribution >= 0.6 is 0 Å². The molecule has 0 spiro atoms. The number of nitrogen functional groups attached to an aromatic ring is 1. The zero-order valence-corrected chi connectivity index (χ0v) is 22.4. The zero-order chi connectivity index (χ0) is 27.0. The summed E-state index contributed by atoms with van der Waals surface area (Å²) in [6.45, 7) is 7.70. The molecule has 3 N–H and O–H groups in total. The normalized spacial score (nSPS) is 26.1. The van der Waals surface area contributed by atoms with Crippen LogP contribution in [0.2, 0.25) is 0 Å². The second kappa shape index (κ2) is 10.3. The molecular formula is C30H36N5O3+. The summed E-state index contributed by atoms with van der Waals surface area (Å²) in [5, 5.41) is 2.84. The highest BCUT2D eigenvalue weighted by atomic mass is 16.5. The van der Waals surface area contributed by atoms with Crippen LogP contribution in [0.3, 0.4) is 0 Å². The zero-order valence-electron chi connectivity index (χ0n) is 22.4. The maximum Gasteiger partial charge on any atom is 0.348 e. The van der Waals surface area contributed by atoms with Crippen molar-refractivity contribution < 1.29 is 18.8 Å². The van der Waals surface area contributed by atoms with Crippen LogP contribution in [0.5, 0.6) is 0 Å². The number of hydrogen-bond donors (Lipinski definition) is 2. The maximum absolute atomic E-state index is 14.1. The second-order valence-electron chi connectivity index (χ2n) is 10.7. The van der Waals surface area contributed by atoms with Gasteiger partial charge in [0.05, 0.1) is 6.54 Å². The van der Waals surface area contributed by atoms with Gasteiger partial charge in [-0.3, -0.25) is 4.79 Å². The fourth-order valence-electron chi connectivity index (χ4n) is 6.47. The number of benzene rings is 2. The lowest BCUT2D eigenvalue weighted by Gasteiger charge is -2.24. The molecule has 1 aliphatic carbocycles. The Labute approximate surface area is 223 Å². The molecule has 38 heavy (non-hydrogen) atoms. The average molecular weight is 515 g/mol. The van der Waals surface area contributed by atoms with Gasteiger partial charge in [-0.05, 0) is 29.2 Å². The Morgan fingerprint density at radius 3 is 2.26 bits per heavy atom. The lowest BCUT2D eigenvalue weighted by Crippen LogP contribution is -2.42. The minimum atomic E-state index is -0.560. The molecule has 2 aliphatic rings. The van der Waals surface area contributed by atoms with Gasteiger partial charge in [-0.15, -0.1) is 0 Å². The van der Waals surface area contributed by atoms with Crippen molar-refractivity contribution in [2.24, 2.45) is 11.8 Å². The minimum Gasteiger partial charge on any atom is -0.382 e. The Hall–Kier alpha value is -3.62. The molecule has 5 atom stereocenters. The van der Waals surface area contributed by atoms with E-state index in [0.29, 0.717) is 34.9 Å². The molecule has 5 rings (SSSR count). The van der Waals surface area contributed by atoms with E-state index in [1.165, 1.54) is 18.0 Å². The first-order valence-electron chi connectivity index (χ1n) is 13.2. The molecular weight excluding hydrogens is 478 g/mol. The van der Waals surface area contributed by atoms with E-state index in [1.54, 1.807) is 7.11 Å². The van der Waals surface area contributed by atoms with Gasteiger partial charge in [-0.2, -0.15) is 0 Å². The predicted molar refractivity (Wildman–Crippen MR) is 145 cm³/mol. The molecule has 0 bridgehead atoms. The number of hydrogen-bond acceptors (Lipinski definition) is 6. The SMILES string of the molecule is COC(C(=O)[N+]1(CCc2ccc(CNC(=O)c3nccnc3N)cc2)C2C(C)C(C)C21)c1ccccc1C. The van der Waals surface area contributed by atoms with Gasteiger partial charge < -0.3 is 15.8 Å². The number of methoxy groups -OCH3 is 1. The Morgan fingerprint density at radius 1 is 1.00 bits per heavy atom. The van der Waals surface area contributed by atoms with Gasteiger partial charge >= 0.3 is 5.91 Å². The van der Waals surface area contributed by atoms with Crippen molar-refractivity contribution in [3.05, 3.63) is 88.9 Å². The summed E-state index contributed by atoms with van der Waals surface area (Å²) in [6, 6.07) is 16.9. The van der Waals surface area contributed by atoms with Crippen LogP contribution in [0, 0.1) is 18.8 Å². The van der Waals surface area contributed by atoms with E-state index in [1.807, 2.05) is 43.3 Å². The van der Waals surface area contributed by atoms with Gasteiger partial charge in [-0.25, -0.2) is 19.2 Å². The number of nitrogens with one attached hydrogen (secondary N) is 1. The number of amides is 2. The van der Waals surface area contributed by atoms with E-state index in [4.69, 9.17) is 10.5 Å². The number of quaternary nitrogens is 1.